The maximum Gasteiger partial charge on any atom is 0.291 e. The number of rotatable bonds is 9. The number of methoxy groups -OCH3 is 5. The van der Waals surface area contributed by atoms with Crippen LogP contribution in [0.1, 0.15) is 17.0 Å². The first kappa shape index (κ1) is 23.4. The number of aromatic nitrogens is 3. The van der Waals surface area contributed by atoms with E-state index < -0.39 is 0 Å². The van der Waals surface area contributed by atoms with E-state index in [9.17, 15) is 4.79 Å². The monoisotopic (exact) mass is 483 g/mol. The van der Waals surface area contributed by atoms with Crippen molar-refractivity contribution in [2.45, 2.75) is 12.8 Å². The molecule has 2 aromatic heterocycles. The third kappa shape index (κ3) is 4.49. The van der Waals surface area contributed by atoms with Crippen LogP contribution in [-0.2, 0) is 12.8 Å². The molecule has 0 spiro atoms. The fourth-order valence-electron chi connectivity index (χ4n) is 3.61. The van der Waals surface area contributed by atoms with Gasteiger partial charge in [0.15, 0.2) is 17.3 Å². The van der Waals surface area contributed by atoms with Crippen molar-refractivity contribution in [3.63, 3.8) is 0 Å². The minimum Gasteiger partial charge on any atom is -0.497 e. The Morgan fingerprint density at radius 3 is 2.18 bits per heavy atom. The van der Waals surface area contributed by atoms with Gasteiger partial charge in [0.2, 0.25) is 10.7 Å². The molecular weight excluding hydrogens is 458 g/mol. The summed E-state index contributed by atoms with van der Waals surface area (Å²) in [6.45, 7) is 0. The topological polar surface area (TPSA) is 93.4 Å². The third-order valence-corrected chi connectivity index (χ3v) is 6.27. The van der Waals surface area contributed by atoms with Crippen LogP contribution in [0, 0.1) is 0 Å². The molecule has 0 radical (unpaired) electrons. The summed E-state index contributed by atoms with van der Waals surface area (Å²) in [6, 6.07) is 9.21. The van der Waals surface area contributed by atoms with Crippen molar-refractivity contribution in [3.8, 4) is 28.7 Å². The van der Waals surface area contributed by atoms with E-state index in [1.54, 1.807) is 53.8 Å². The summed E-state index contributed by atoms with van der Waals surface area (Å²) in [5.41, 5.74) is 1.50. The van der Waals surface area contributed by atoms with E-state index in [1.807, 2.05) is 18.2 Å². The predicted molar refractivity (Wildman–Crippen MR) is 129 cm³/mol. The van der Waals surface area contributed by atoms with Gasteiger partial charge in [0.25, 0.3) is 5.56 Å². The number of hydrogen-bond donors (Lipinski definition) is 0. The van der Waals surface area contributed by atoms with Crippen molar-refractivity contribution < 1.29 is 23.7 Å². The summed E-state index contributed by atoms with van der Waals surface area (Å²) in [4.78, 5) is 18.0. The van der Waals surface area contributed by atoms with Gasteiger partial charge in [-0.25, -0.2) is 4.98 Å². The highest BCUT2D eigenvalue weighted by Gasteiger charge is 2.15. The molecular formula is C24H25N3O6S. The van der Waals surface area contributed by atoms with Gasteiger partial charge in [-0.3, -0.25) is 4.79 Å². The highest BCUT2D eigenvalue weighted by atomic mass is 32.1. The molecule has 0 saturated carbocycles. The van der Waals surface area contributed by atoms with Crippen LogP contribution in [0.5, 0.6) is 28.7 Å². The zero-order valence-corrected chi connectivity index (χ0v) is 20.4. The Kier molecular flexibility index (Phi) is 6.87. The fourth-order valence-corrected chi connectivity index (χ4v) is 4.53. The van der Waals surface area contributed by atoms with Crippen molar-refractivity contribution in [2.24, 2.45) is 0 Å². The van der Waals surface area contributed by atoms with Gasteiger partial charge < -0.3 is 23.7 Å². The zero-order chi connectivity index (χ0) is 24.2. The van der Waals surface area contributed by atoms with E-state index in [1.165, 1.54) is 15.9 Å². The smallest absolute Gasteiger partial charge is 0.291 e. The molecule has 4 aromatic rings. The molecule has 10 heteroatoms. The Hall–Kier alpha value is -3.79. The fraction of sp³-hybridized carbons (Fsp3) is 0.292. The summed E-state index contributed by atoms with van der Waals surface area (Å²) >= 11 is 1.28. The van der Waals surface area contributed by atoms with Crippen LogP contribution in [0.15, 0.2) is 35.1 Å². The first-order valence-corrected chi connectivity index (χ1v) is 11.2. The first-order chi connectivity index (χ1) is 16.5. The summed E-state index contributed by atoms with van der Waals surface area (Å²) in [7, 11) is 7.90. The Morgan fingerprint density at radius 1 is 0.882 bits per heavy atom. The van der Waals surface area contributed by atoms with Crippen LogP contribution in [0.2, 0.25) is 0 Å². The van der Waals surface area contributed by atoms with Crippen LogP contribution in [0.25, 0.3) is 11.0 Å². The quantitative estimate of drug-likeness (QED) is 0.359. The number of fused-ring (bicyclic) bond motifs is 1. The van der Waals surface area contributed by atoms with Gasteiger partial charge in [-0.1, -0.05) is 11.3 Å². The molecule has 0 aliphatic carbocycles. The van der Waals surface area contributed by atoms with Crippen LogP contribution in [0.3, 0.4) is 0 Å². The minimum atomic E-state index is -0.226. The maximum absolute atomic E-state index is 12.9. The molecule has 0 atom stereocenters. The van der Waals surface area contributed by atoms with E-state index in [-0.39, 0.29) is 5.56 Å². The molecule has 9 nitrogen and oxygen atoms in total. The van der Waals surface area contributed by atoms with Gasteiger partial charge in [-0.15, -0.1) is 5.10 Å². The van der Waals surface area contributed by atoms with Gasteiger partial charge in [0, 0.05) is 12.0 Å². The third-order valence-electron chi connectivity index (χ3n) is 5.31. The van der Waals surface area contributed by atoms with E-state index in [2.05, 4.69) is 10.1 Å². The maximum atomic E-state index is 12.9. The number of ether oxygens (including phenoxy) is 5. The van der Waals surface area contributed by atoms with Gasteiger partial charge in [-0.05, 0) is 48.4 Å². The largest absolute Gasteiger partial charge is 0.497 e. The molecule has 2 heterocycles. The molecule has 0 bridgehead atoms. The lowest BCUT2D eigenvalue weighted by molar-refractivity contribution is 0.324. The molecule has 0 saturated heterocycles. The number of nitrogens with zero attached hydrogens (tertiary/aromatic N) is 3. The zero-order valence-electron chi connectivity index (χ0n) is 19.6. The average Bonchev–Trinajstić information content (AvgIpc) is 3.40. The lowest BCUT2D eigenvalue weighted by Gasteiger charge is -2.13. The normalized spacial score (nSPS) is 11.6. The van der Waals surface area contributed by atoms with E-state index >= 15 is 0 Å². The van der Waals surface area contributed by atoms with Gasteiger partial charge in [-0.2, -0.15) is 4.52 Å². The van der Waals surface area contributed by atoms with Crippen LogP contribution >= 0.6 is 11.3 Å². The summed E-state index contributed by atoms with van der Waals surface area (Å²) < 4.78 is 28.7. The summed E-state index contributed by atoms with van der Waals surface area (Å²) in [5, 5.41) is 4.43. The summed E-state index contributed by atoms with van der Waals surface area (Å²) in [5.74, 6) is 3.62. The molecule has 0 N–H and O–H groups in total. The molecule has 178 valence electrons. The molecule has 34 heavy (non-hydrogen) atoms. The SMILES string of the molecule is COc1ccc(OC)c(/C=c2\sc3nc(CCc4cc(OC)c(OC)c(OC)c4)nn3c2=O)c1. The Morgan fingerprint density at radius 2 is 1.59 bits per heavy atom. The molecule has 4 rings (SSSR count). The van der Waals surface area contributed by atoms with Gasteiger partial charge >= 0.3 is 0 Å². The second-order valence-electron chi connectivity index (χ2n) is 7.28. The standard InChI is InChI=1S/C24H25N3O6S/c1-29-16-7-8-17(30-2)15(12-16)13-20-23(28)27-24(34-20)25-21(26-27)9-6-14-10-18(31-3)22(33-5)19(11-14)32-4/h7-8,10-13H,6,9H2,1-5H3/b20-13-. The second-order valence-corrected chi connectivity index (χ2v) is 8.29. The number of thiazole rings is 1. The van der Waals surface area contributed by atoms with Crippen molar-refractivity contribution in [3.05, 3.63) is 62.2 Å². The average molecular weight is 484 g/mol. The van der Waals surface area contributed by atoms with Crippen LogP contribution in [0.4, 0.5) is 0 Å². The van der Waals surface area contributed by atoms with Crippen molar-refractivity contribution in [1.82, 2.24) is 14.6 Å². The molecule has 0 aliphatic rings. The van der Waals surface area contributed by atoms with E-state index in [0.717, 1.165) is 11.1 Å². The van der Waals surface area contributed by atoms with Gasteiger partial charge in [0.05, 0.1) is 40.1 Å². The second kappa shape index (κ2) is 10.0. The van der Waals surface area contributed by atoms with Crippen LogP contribution in [-0.4, -0.2) is 50.1 Å². The highest BCUT2D eigenvalue weighted by Crippen LogP contribution is 2.38. The van der Waals surface area contributed by atoms with Crippen molar-refractivity contribution in [2.75, 3.05) is 35.5 Å². The number of hydrogen-bond acceptors (Lipinski definition) is 9. The first-order valence-electron chi connectivity index (χ1n) is 10.4. The van der Waals surface area contributed by atoms with E-state index in [4.69, 9.17) is 23.7 Å². The predicted octanol–water partition coefficient (Wildman–Crippen LogP) is 2.53. The van der Waals surface area contributed by atoms with Crippen molar-refractivity contribution in [1.29, 1.82) is 0 Å². The lowest BCUT2D eigenvalue weighted by Crippen LogP contribution is -2.24. The lowest BCUT2D eigenvalue weighted by atomic mass is 10.1. The van der Waals surface area contributed by atoms with E-state index in [0.29, 0.717) is 56.9 Å². The Balaban J connectivity index is 1.60. The Labute approximate surface area is 200 Å². The molecule has 2 aromatic carbocycles. The van der Waals surface area contributed by atoms with Crippen molar-refractivity contribution >= 4 is 22.4 Å². The molecule has 0 fully saturated rings. The minimum absolute atomic E-state index is 0.226. The number of benzene rings is 2. The van der Waals surface area contributed by atoms with Gasteiger partial charge in [0.1, 0.15) is 11.5 Å². The molecule has 0 unspecified atom stereocenters. The number of aryl methyl sites for hydroxylation is 2. The molecule has 0 amide bonds. The Bertz CT molecular complexity index is 1400. The van der Waals surface area contributed by atoms with Crippen LogP contribution < -0.4 is 33.8 Å². The summed E-state index contributed by atoms with van der Waals surface area (Å²) in [6.07, 6.45) is 2.96. The highest BCUT2D eigenvalue weighted by molar-refractivity contribution is 7.15. The molecule has 0 aliphatic heterocycles.